The number of furan rings is 3. The van der Waals surface area contributed by atoms with Gasteiger partial charge in [-0.05, 0) is 178 Å². The van der Waals surface area contributed by atoms with E-state index in [-0.39, 0.29) is 57.3 Å². The monoisotopic (exact) mass is 1350 g/mol. The minimum Gasteiger partial charge on any atom is -0.456 e. The highest BCUT2D eigenvalue weighted by Crippen LogP contribution is 2.54. The fraction of sp³-hybridized carbons (Fsp3) is 0.0816. The molecule has 0 fully saturated rings. The van der Waals surface area contributed by atoms with Crippen LogP contribution in [0.25, 0.3) is 159 Å². The van der Waals surface area contributed by atoms with Crippen LogP contribution in [0.1, 0.15) is 62.3 Å². The van der Waals surface area contributed by atoms with Gasteiger partial charge in [0.25, 0.3) is 6.71 Å². The van der Waals surface area contributed by atoms with Crippen molar-refractivity contribution >= 4 is 183 Å². The second-order valence-electron chi connectivity index (χ2n) is 30.5. The first-order valence-corrected chi connectivity index (χ1v) is 36.1. The summed E-state index contributed by atoms with van der Waals surface area (Å²) in [6, 6.07) is 90.2. The lowest BCUT2D eigenvalue weighted by Gasteiger charge is -2.45. The van der Waals surface area contributed by atoms with Crippen molar-refractivity contribution in [2.75, 3.05) is 9.80 Å². The van der Waals surface area contributed by atoms with E-state index in [4.69, 9.17) is 13.3 Å². The predicted octanol–water partition coefficient (Wildman–Crippen LogP) is 25.6. The first-order chi connectivity index (χ1) is 54.2. The van der Waals surface area contributed by atoms with E-state index in [1.54, 1.807) is 0 Å². The number of fused-ring (bicyclic) bond motifs is 23. The highest BCUT2D eigenvalue weighted by atomic mass is 16.3. The van der Waals surface area contributed by atoms with Crippen LogP contribution in [0.4, 0.5) is 34.1 Å². The highest BCUT2D eigenvalue weighted by molar-refractivity contribution is 7.00. The van der Waals surface area contributed by atoms with Crippen molar-refractivity contribution in [1.82, 2.24) is 4.40 Å². The molecule has 0 saturated heterocycles. The molecule has 0 N–H and O–H groups in total. The molecule has 0 bridgehead atoms. The van der Waals surface area contributed by atoms with E-state index in [0.29, 0.717) is 33.0 Å². The lowest BCUT2D eigenvalue weighted by molar-refractivity contribution is 0.590. The van der Waals surface area contributed by atoms with Gasteiger partial charge in [-0.15, -0.1) is 0 Å². The van der Waals surface area contributed by atoms with E-state index in [2.05, 4.69) is 233 Å². The van der Waals surface area contributed by atoms with E-state index in [0.717, 1.165) is 160 Å². The molecular formula is C98H68BN3O3. The fourth-order valence-electron chi connectivity index (χ4n) is 17.6. The molecule has 6 nitrogen and oxygen atoms in total. The Kier molecular flexibility index (Phi) is 11.0. The normalized spacial score (nSPS) is 14.1. The molecule has 0 amide bonds. The number of hydrogen-bond acceptors (Lipinski definition) is 5. The molecule has 105 heavy (non-hydrogen) atoms. The first kappa shape index (κ1) is 53.0. The Morgan fingerprint density at radius 3 is 1.31 bits per heavy atom. The summed E-state index contributed by atoms with van der Waals surface area (Å²) < 4.78 is 91.7. The van der Waals surface area contributed by atoms with Crippen molar-refractivity contribution in [2.45, 2.75) is 52.4 Å². The Balaban J connectivity index is 0.991. The number of para-hydroxylation sites is 5. The highest BCUT2D eigenvalue weighted by Gasteiger charge is 2.46. The summed E-state index contributed by atoms with van der Waals surface area (Å²) >= 11 is 0. The van der Waals surface area contributed by atoms with Crippen molar-refractivity contribution < 1.29 is 22.8 Å². The smallest absolute Gasteiger partial charge is 0.252 e. The van der Waals surface area contributed by atoms with Crippen LogP contribution < -0.4 is 26.2 Å². The van der Waals surface area contributed by atoms with Crippen LogP contribution in [0.3, 0.4) is 0 Å². The van der Waals surface area contributed by atoms with Gasteiger partial charge in [-0.25, -0.2) is 0 Å². The number of rotatable bonds is 5. The second kappa shape index (κ2) is 21.9. The van der Waals surface area contributed by atoms with Gasteiger partial charge in [0.2, 0.25) is 0 Å². The van der Waals surface area contributed by atoms with Crippen LogP contribution in [0, 0.1) is 0 Å². The van der Waals surface area contributed by atoms with Crippen LogP contribution in [-0.4, -0.2) is 11.1 Å². The lowest BCUT2D eigenvalue weighted by Crippen LogP contribution is -2.61. The molecule has 2 aliphatic heterocycles. The zero-order valence-electron chi connectivity index (χ0n) is 65.5. The molecule has 7 heterocycles. The molecule has 5 aromatic heterocycles. The molecule has 0 aliphatic carbocycles. The summed E-state index contributed by atoms with van der Waals surface area (Å²) in [4.78, 5) is 4.92. The molecule has 22 rings (SSSR count). The maximum Gasteiger partial charge on any atom is 0.252 e. The van der Waals surface area contributed by atoms with Crippen LogP contribution in [0.2, 0.25) is 0 Å². The van der Waals surface area contributed by atoms with E-state index in [9.17, 15) is 9.60 Å². The van der Waals surface area contributed by atoms with Crippen LogP contribution in [-0.2, 0) is 10.8 Å². The topological polar surface area (TPSA) is 50.3 Å². The zero-order valence-corrected chi connectivity index (χ0v) is 58.5. The third kappa shape index (κ3) is 8.73. The molecular weight excluding hydrogens is 1280 g/mol. The van der Waals surface area contributed by atoms with Gasteiger partial charge < -0.3 is 27.5 Å². The molecule has 0 unspecified atom stereocenters. The fourth-order valence-corrected chi connectivity index (χ4v) is 17.6. The Labute approximate surface area is 616 Å². The molecule has 0 spiro atoms. The predicted molar refractivity (Wildman–Crippen MR) is 443 cm³/mol. The third-order valence-corrected chi connectivity index (χ3v) is 22.6. The summed E-state index contributed by atoms with van der Waals surface area (Å²) in [7, 11) is 0. The summed E-state index contributed by atoms with van der Waals surface area (Å²) in [5.74, 6) is 0. The molecule has 15 aromatic carbocycles. The van der Waals surface area contributed by atoms with Crippen molar-refractivity contribution in [3.63, 3.8) is 0 Å². The van der Waals surface area contributed by atoms with Gasteiger partial charge in [0.05, 0.1) is 48.3 Å². The van der Waals surface area contributed by atoms with Gasteiger partial charge >= 0.3 is 0 Å². The van der Waals surface area contributed by atoms with Crippen molar-refractivity contribution in [1.29, 1.82) is 0 Å². The van der Waals surface area contributed by atoms with Gasteiger partial charge in [0.15, 0.2) is 0 Å². The third-order valence-electron chi connectivity index (χ3n) is 22.6. The van der Waals surface area contributed by atoms with Gasteiger partial charge in [-0.2, -0.15) is 0 Å². The van der Waals surface area contributed by atoms with E-state index in [1.165, 1.54) is 11.1 Å². The van der Waals surface area contributed by atoms with Gasteiger partial charge in [0.1, 0.15) is 33.5 Å². The maximum atomic E-state index is 10.3. The number of benzene rings is 15. The molecule has 0 radical (unpaired) electrons. The molecule has 20 aromatic rings. The number of aromatic nitrogens is 1. The van der Waals surface area contributed by atoms with Crippen LogP contribution in [0.5, 0.6) is 0 Å². The average molecular weight is 1350 g/mol. The van der Waals surface area contributed by atoms with E-state index >= 15 is 0 Å². The van der Waals surface area contributed by atoms with Crippen LogP contribution >= 0.6 is 0 Å². The number of hydrogen-bond donors (Lipinski definition) is 0. The Morgan fingerprint density at radius 1 is 0.295 bits per heavy atom. The van der Waals surface area contributed by atoms with Gasteiger partial charge in [-0.3, -0.25) is 0 Å². The largest absolute Gasteiger partial charge is 0.456 e. The Morgan fingerprint density at radius 2 is 0.733 bits per heavy atom. The summed E-state index contributed by atoms with van der Waals surface area (Å²) in [6.45, 7) is 13.0. The second-order valence-corrected chi connectivity index (χ2v) is 30.5. The minimum absolute atomic E-state index is 0.0953. The zero-order chi connectivity index (χ0) is 76.0. The van der Waals surface area contributed by atoms with Crippen molar-refractivity contribution in [3.8, 4) is 33.4 Å². The minimum atomic E-state index is -0.587. The first-order valence-electron chi connectivity index (χ1n) is 39.6. The van der Waals surface area contributed by atoms with E-state index < -0.39 is 18.8 Å². The molecule has 0 atom stereocenters. The molecule has 496 valence electrons. The number of nitrogens with zero attached hydrogens (tertiary/aromatic N) is 3. The summed E-state index contributed by atoms with van der Waals surface area (Å²) in [5, 5.41) is 10.1. The van der Waals surface area contributed by atoms with E-state index in [1.807, 2.05) is 83.3 Å². The maximum absolute atomic E-state index is 10.3. The SMILES string of the molecule is [2H]c1c([2H])c([2H])c2c(c1[2H])c1c([2H])c([2H])c([2H])c3c4ccccc4c4ccccc4c4cc5c(cc4n2c31)N(c1cccc2oc3ccccc3c12)c1cc(-c2ccc3oc4ccccc4c3c2)cc2c1B5c1cc(-c3ccc(C(C)(C)C)cc3)c(-c3ccc(C(C)(C)C)cc3)cc1N2c1cccc2oc3ccccc3c12. The van der Waals surface area contributed by atoms with Gasteiger partial charge in [0, 0.05) is 65.8 Å². The van der Waals surface area contributed by atoms with Crippen molar-refractivity contribution in [2.24, 2.45) is 0 Å². The quantitative estimate of drug-likeness (QED) is 0.161. The van der Waals surface area contributed by atoms with Crippen molar-refractivity contribution in [3.05, 3.63) is 314 Å². The molecule has 7 heteroatoms. The lowest BCUT2D eigenvalue weighted by atomic mass is 9.33. The Hall–Kier alpha value is -12.8. The van der Waals surface area contributed by atoms with Gasteiger partial charge in [-0.1, -0.05) is 260 Å². The van der Waals surface area contributed by atoms with Crippen LogP contribution in [0.15, 0.2) is 316 Å². The number of anilines is 6. The standard InChI is InChI=1S/C98H68BN3O3/c1-97(2,3)61-45-40-57(41-46-61)73-53-77-83(55-74(73)58-42-47-62(48-43-58)98(4,5)6)100(80-33-20-38-91-93(80)71-28-13-17-36-88(71)104-91)85-51-60(59-44-49-90-76(50-59)68-27-12-16-35-87(68)103-90)52-86-95(85)99(77)78-54-75-66-25-10-8-23-64(66)63-22-7-9-24-65(63)69-30-19-31-70-67-26-11-15-32-79(67)102(96(69)70)82(75)56-84(78)101(86)81-34-21-39-92-94(81)72-29-14-18-37-89(72)105-92/h7-56H,1-6H3/i11D,15D,19D,26D,30D,31D,32D. The summed E-state index contributed by atoms with van der Waals surface area (Å²) in [6.07, 6.45) is 0. The average Bonchev–Trinajstić information content (AvgIpc) is 1.26. The summed E-state index contributed by atoms with van der Waals surface area (Å²) in [5.41, 5.74) is 21.9. The molecule has 0 saturated carbocycles. The molecule has 2 aliphatic rings. The Bertz CT molecular complexity index is 7650.